The Hall–Kier alpha value is -1.58. The van der Waals surface area contributed by atoms with Gasteiger partial charge < -0.3 is 14.2 Å². The van der Waals surface area contributed by atoms with E-state index in [1.165, 1.54) is 0 Å². The highest BCUT2D eigenvalue weighted by atomic mass is 16.7. The molecule has 108 valence electrons. The average molecular weight is 274 g/mol. The maximum atomic E-state index is 5.85. The summed E-state index contributed by atoms with van der Waals surface area (Å²) in [5, 5.41) is 0. The Kier molecular flexibility index (Phi) is 4.99. The zero-order chi connectivity index (χ0) is 14.5. The fourth-order valence-corrected chi connectivity index (χ4v) is 1.97. The summed E-state index contributed by atoms with van der Waals surface area (Å²) in [6.07, 6.45) is 1.34. The van der Waals surface area contributed by atoms with Crippen LogP contribution in [0.4, 0.5) is 0 Å². The molecule has 20 heavy (non-hydrogen) atoms. The second-order valence-electron chi connectivity index (χ2n) is 5.08. The molecule has 0 aliphatic carbocycles. The molecule has 0 aromatic heterocycles. The van der Waals surface area contributed by atoms with Crippen LogP contribution >= 0.6 is 0 Å². The average Bonchev–Trinajstić information content (AvgIpc) is 2.97. The third-order valence-electron chi connectivity index (χ3n) is 3.57. The maximum Gasteiger partial charge on any atom is 0.184 e. The van der Waals surface area contributed by atoms with E-state index < -0.39 is 0 Å². The number of hydrogen-bond acceptors (Lipinski definition) is 3. The Balaban J connectivity index is 1.89. The van der Waals surface area contributed by atoms with Gasteiger partial charge in [-0.05, 0) is 6.92 Å². The second kappa shape index (κ2) is 6.73. The molecule has 1 fully saturated rings. The van der Waals surface area contributed by atoms with Crippen LogP contribution < -0.4 is 0 Å². The molecule has 1 aromatic rings. The molecule has 1 heterocycles. The summed E-state index contributed by atoms with van der Waals surface area (Å²) < 4.78 is 17.3. The van der Waals surface area contributed by atoms with Crippen LogP contribution in [0.2, 0.25) is 0 Å². The highest BCUT2D eigenvalue weighted by molar-refractivity contribution is 5.17. The van der Waals surface area contributed by atoms with Crippen molar-refractivity contribution in [3.63, 3.8) is 0 Å². The van der Waals surface area contributed by atoms with Gasteiger partial charge >= 0.3 is 0 Å². The van der Waals surface area contributed by atoms with E-state index in [1.807, 2.05) is 43.3 Å². The van der Waals surface area contributed by atoms with Gasteiger partial charge in [-0.3, -0.25) is 0 Å². The van der Waals surface area contributed by atoms with Gasteiger partial charge in [0.1, 0.15) is 18.0 Å². The van der Waals surface area contributed by atoms with Gasteiger partial charge in [0.05, 0.1) is 6.61 Å². The standard InChI is InChI=1S/C17H22O3/c1-5-12(2)13(3)19-14(4)16-11-18-17(20-16)15-9-7-6-8-10-15/h5-10,12-13,16-17H,1,4,11H2,2-3H3/t12-,13-,16-,17?/m1/s1. The third-order valence-corrected chi connectivity index (χ3v) is 3.57. The van der Waals surface area contributed by atoms with Crippen molar-refractivity contribution in [3.8, 4) is 0 Å². The topological polar surface area (TPSA) is 27.7 Å². The monoisotopic (exact) mass is 274 g/mol. The molecule has 0 N–H and O–H groups in total. The molecule has 2 rings (SSSR count). The summed E-state index contributed by atoms with van der Waals surface area (Å²) >= 11 is 0. The first kappa shape index (κ1) is 14.8. The molecule has 1 aromatic carbocycles. The largest absolute Gasteiger partial charge is 0.492 e. The van der Waals surface area contributed by atoms with E-state index >= 15 is 0 Å². The van der Waals surface area contributed by atoms with Gasteiger partial charge in [-0.2, -0.15) is 0 Å². The van der Waals surface area contributed by atoms with Crippen LogP contribution in [-0.4, -0.2) is 18.8 Å². The van der Waals surface area contributed by atoms with Gasteiger partial charge in [-0.1, -0.05) is 49.9 Å². The molecule has 4 atom stereocenters. The smallest absolute Gasteiger partial charge is 0.184 e. The number of rotatable bonds is 6. The molecule has 3 nitrogen and oxygen atoms in total. The highest BCUT2D eigenvalue weighted by Gasteiger charge is 2.31. The predicted octanol–water partition coefficient (Wildman–Crippen LogP) is 3.84. The van der Waals surface area contributed by atoms with Crippen molar-refractivity contribution >= 4 is 0 Å². The van der Waals surface area contributed by atoms with Crippen LogP contribution in [0.15, 0.2) is 55.3 Å². The van der Waals surface area contributed by atoms with E-state index in [9.17, 15) is 0 Å². The van der Waals surface area contributed by atoms with Crippen molar-refractivity contribution in [1.29, 1.82) is 0 Å². The van der Waals surface area contributed by atoms with Crippen molar-refractivity contribution in [2.45, 2.75) is 32.3 Å². The molecule has 1 unspecified atom stereocenters. The summed E-state index contributed by atoms with van der Waals surface area (Å²) in [5.74, 6) is 0.878. The third kappa shape index (κ3) is 3.50. The Morgan fingerprint density at radius 2 is 2.05 bits per heavy atom. The SMILES string of the molecule is C=C[C@@H](C)[C@@H](C)OC(=C)[C@H]1COC(c2ccccc2)O1. The van der Waals surface area contributed by atoms with Crippen molar-refractivity contribution in [2.24, 2.45) is 5.92 Å². The van der Waals surface area contributed by atoms with Crippen LogP contribution in [0.5, 0.6) is 0 Å². The first-order chi connectivity index (χ1) is 9.61. The Bertz CT molecular complexity index is 455. The Labute approximate surface area is 120 Å². The van der Waals surface area contributed by atoms with Crippen LogP contribution in [-0.2, 0) is 14.2 Å². The maximum absolute atomic E-state index is 5.85. The minimum absolute atomic E-state index is 0.0272. The zero-order valence-corrected chi connectivity index (χ0v) is 12.1. The minimum Gasteiger partial charge on any atom is -0.492 e. The molecular weight excluding hydrogens is 252 g/mol. The lowest BCUT2D eigenvalue weighted by Gasteiger charge is -2.22. The van der Waals surface area contributed by atoms with Crippen molar-refractivity contribution in [3.05, 3.63) is 60.9 Å². The fourth-order valence-electron chi connectivity index (χ4n) is 1.97. The number of benzene rings is 1. The lowest BCUT2D eigenvalue weighted by molar-refractivity contribution is -0.0654. The fraction of sp³-hybridized carbons (Fsp3) is 0.412. The summed E-state index contributed by atoms with van der Waals surface area (Å²) in [7, 11) is 0. The van der Waals surface area contributed by atoms with Gasteiger partial charge in [-0.15, -0.1) is 6.58 Å². The Morgan fingerprint density at radius 3 is 2.70 bits per heavy atom. The zero-order valence-electron chi connectivity index (χ0n) is 12.1. The van der Waals surface area contributed by atoms with E-state index in [2.05, 4.69) is 20.1 Å². The van der Waals surface area contributed by atoms with Gasteiger partial charge in [0.15, 0.2) is 6.29 Å². The van der Waals surface area contributed by atoms with Gasteiger partial charge in [0, 0.05) is 11.5 Å². The van der Waals surface area contributed by atoms with Crippen LogP contribution in [0.3, 0.4) is 0 Å². The molecule has 0 bridgehead atoms. The number of ether oxygens (including phenoxy) is 3. The van der Waals surface area contributed by atoms with Crippen molar-refractivity contribution in [2.75, 3.05) is 6.61 Å². The van der Waals surface area contributed by atoms with E-state index in [-0.39, 0.29) is 24.4 Å². The van der Waals surface area contributed by atoms with E-state index in [0.717, 1.165) is 5.56 Å². The summed E-state index contributed by atoms with van der Waals surface area (Å²) in [4.78, 5) is 0. The highest BCUT2D eigenvalue weighted by Crippen LogP contribution is 2.30. The summed E-state index contributed by atoms with van der Waals surface area (Å²) in [6.45, 7) is 12.3. The van der Waals surface area contributed by atoms with E-state index in [4.69, 9.17) is 14.2 Å². The number of hydrogen-bond donors (Lipinski definition) is 0. The van der Waals surface area contributed by atoms with E-state index in [1.54, 1.807) is 0 Å². The molecular formula is C17H22O3. The van der Waals surface area contributed by atoms with E-state index in [0.29, 0.717) is 12.4 Å². The molecule has 0 saturated carbocycles. The van der Waals surface area contributed by atoms with Crippen molar-refractivity contribution < 1.29 is 14.2 Å². The molecule has 1 saturated heterocycles. The van der Waals surface area contributed by atoms with Gasteiger partial charge in [-0.25, -0.2) is 0 Å². The Morgan fingerprint density at radius 1 is 1.35 bits per heavy atom. The van der Waals surface area contributed by atoms with Crippen LogP contribution in [0.25, 0.3) is 0 Å². The van der Waals surface area contributed by atoms with Gasteiger partial charge in [0.2, 0.25) is 0 Å². The first-order valence-electron chi connectivity index (χ1n) is 6.92. The molecule has 3 heteroatoms. The lowest BCUT2D eigenvalue weighted by atomic mass is 10.1. The van der Waals surface area contributed by atoms with Crippen LogP contribution in [0.1, 0.15) is 25.7 Å². The van der Waals surface area contributed by atoms with Crippen molar-refractivity contribution in [1.82, 2.24) is 0 Å². The molecule has 1 aliphatic rings. The molecule has 0 amide bonds. The molecule has 1 aliphatic heterocycles. The van der Waals surface area contributed by atoms with Gasteiger partial charge in [0.25, 0.3) is 0 Å². The second-order valence-corrected chi connectivity index (χ2v) is 5.08. The summed E-state index contributed by atoms with van der Waals surface area (Å²) in [5.41, 5.74) is 1.01. The summed E-state index contributed by atoms with van der Waals surface area (Å²) in [6, 6.07) is 9.87. The predicted molar refractivity (Wildman–Crippen MR) is 79.1 cm³/mol. The van der Waals surface area contributed by atoms with Crippen LogP contribution in [0, 0.1) is 5.92 Å². The first-order valence-corrected chi connectivity index (χ1v) is 6.92. The molecule has 0 spiro atoms. The quantitative estimate of drug-likeness (QED) is 0.582. The molecule has 0 radical (unpaired) electrons. The lowest BCUT2D eigenvalue weighted by Crippen LogP contribution is -2.22. The minimum atomic E-state index is -0.339. The normalized spacial score (nSPS) is 24.9.